The minimum Gasteiger partial charge on any atom is -0.497 e. The number of thiazole rings is 1. The molecule has 0 aliphatic heterocycles. The standard InChI is InChI=1S/C22H20N4O2S2/c1-28-18-9-7-17(8-10-18)19-13-24-22(26(19)14-16-5-3-2-4-6-16)30-15-20(27)25-21-23-11-12-29-21/h2-13H,14-15H2,1H3,(H,23,25,27). The van der Waals surface area contributed by atoms with Crippen LogP contribution in [0.4, 0.5) is 5.13 Å². The number of carbonyl (C=O) groups excluding carboxylic acids is 1. The predicted molar refractivity (Wildman–Crippen MR) is 121 cm³/mol. The molecule has 6 nitrogen and oxygen atoms in total. The quantitative estimate of drug-likeness (QED) is 0.402. The molecule has 0 aliphatic rings. The van der Waals surface area contributed by atoms with Gasteiger partial charge >= 0.3 is 0 Å². The second-order valence-corrected chi connectivity index (χ2v) is 8.24. The minimum absolute atomic E-state index is 0.102. The van der Waals surface area contributed by atoms with Crippen molar-refractivity contribution in [2.75, 3.05) is 18.2 Å². The summed E-state index contributed by atoms with van der Waals surface area (Å²) >= 11 is 2.81. The number of carbonyl (C=O) groups is 1. The van der Waals surface area contributed by atoms with Gasteiger partial charge in [0.1, 0.15) is 5.75 Å². The van der Waals surface area contributed by atoms with E-state index in [1.165, 1.54) is 28.7 Å². The van der Waals surface area contributed by atoms with Gasteiger partial charge < -0.3 is 14.6 Å². The Morgan fingerprint density at radius 2 is 1.93 bits per heavy atom. The van der Waals surface area contributed by atoms with E-state index >= 15 is 0 Å². The molecule has 0 unspecified atom stereocenters. The van der Waals surface area contributed by atoms with Crippen molar-refractivity contribution in [1.29, 1.82) is 0 Å². The summed E-state index contributed by atoms with van der Waals surface area (Å²) in [6.45, 7) is 0.665. The number of nitrogens with zero attached hydrogens (tertiary/aromatic N) is 3. The van der Waals surface area contributed by atoms with Gasteiger partial charge in [-0.25, -0.2) is 9.97 Å². The number of benzene rings is 2. The Morgan fingerprint density at radius 1 is 1.13 bits per heavy atom. The SMILES string of the molecule is COc1ccc(-c2cnc(SCC(=O)Nc3nccs3)n2Cc2ccccc2)cc1. The number of hydrogen-bond acceptors (Lipinski definition) is 6. The van der Waals surface area contributed by atoms with Crippen LogP contribution in [-0.4, -0.2) is 33.3 Å². The number of rotatable bonds is 8. The van der Waals surface area contributed by atoms with Gasteiger partial charge in [-0.3, -0.25) is 4.79 Å². The van der Waals surface area contributed by atoms with Crippen molar-refractivity contribution in [3.05, 3.63) is 77.9 Å². The number of ether oxygens (including phenoxy) is 1. The lowest BCUT2D eigenvalue weighted by Gasteiger charge is -2.12. The van der Waals surface area contributed by atoms with Crippen LogP contribution in [0, 0.1) is 0 Å². The highest BCUT2D eigenvalue weighted by Gasteiger charge is 2.15. The van der Waals surface area contributed by atoms with E-state index in [9.17, 15) is 4.79 Å². The lowest BCUT2D eigenvalue weighted by atomic mass is 10.1. The molecule has 8 heteroatoms. The molecule has 2 aromatic carbocycles. The summed E-state index contributed by atoms with van der Waals surface area (Å²) in [6.07, 6.45) is 3.52. The topological polar surface area (TPSA) is 69.0 Å². The van der Waals surface area contributed by atoms with Crippen molar-refractivity contribution in [2.24, 2.45) is 0 Å². The van der Waals surface area contributed by atoms with Gasteiger partial charge in [0.25, 0.3) is 0 Å². The van der Waals surface area contributed by atoms with Crippen LogP contribution in [0.25, 0.3) is 11.3 Å². The lowest BCUT2D eigenvalue weighted by molar-refractivity contribution is -0.113. The van der Waals surface area contributed by atoms with E-state index in [4.69, 9.17) is 4.74 Å². The Morgan fingerprint density at radius 3 is 2.63 bits per heavy atom. The fourth-order valence-corrected chi connectivity index (χ4v) is 4.28. The van der Waals surface area contributed by atoms with Crippen molar-refractivity contribution in [3.63, 3.8) is 0 Å². The maximum Gasteiger partial charge on any atom is 0.236 e. The number of methoxy groups -OCH3 is 1. The number of hydrogen-bond donors (Lipinski definition) is 1. The molecule has 1 N–H and O–H groups in total. The highest BCUT2D eigenvalue weighted by Crippen LogP contribution is 2.28. The molecule has 0 spiro atoms. The molecule has 2 heterocycles. The number of aromatic nitrogens is 3. The summed E-state index contributed by atoms with van der Waals surface area (Å²) in [7, 11) is 1.65. The van der Waals surface area contributed by atoms with Crippen molar-refractivity contribution in [3.8, 4) is 17.0 Å². The number of imidazole rings is 1. The Labute approximate surface area is 183 Å². The van der Waals surface area contributed by atoms with E-state index in [1.807, 2.05) is 54.0 Å². The van der Waals surface area contributed by atoms with Gasteiger partial charge in [0.15, 0.2) is 10.3 Å². The molecule has 30 heavy (non-hydrogen) atoms. The normalized spacial score (nSPS) is 10.7. The maximum atomic E-state index is 12.3. The van der Waals surface area contributed by atoms with E-state index in [0.29, 0.717) is 11.7 Å². The molecular weight excluding hydrogens is 416 g/mol. The van der Waals surface area contributed by atoms with Gasteiger partial charge in [0.05, 0.1) is 31.3 Å². The third-order valence-electron chi connectivity index (χ3n) is 4.40. The average molecular weight is 437 g/mol. The van der Waals surface area contributed by atoms with Crippen LogP contribution in [0.3, 0.4) is 0 Å². The minimum atomic E-state index is -0.102. The van der Waals surface area contributed by atoms with E-state index in [-0.39, 0.29) is 11.7 Å². The largest absolute Gasteiger partial charge is 0.497 e. The molecule has 0 bridgehead atoms. The molecule has 0 aliphatic carbocycles. The number of thioether (sulfide) groups is 1. The molecule has 0 atom stereocenters. The van der Waals surface area contributed by atoms with Crippen LogP contribution in [0.15, 0.2) is 77.5 Å². The van der Waals surface area contributed by atoms with E-state index in [1.54, 1.807) is 13.3 Å². The molecule has 4 aromatic rings. The van der Waals surface area contributed by atoms with Crippen molar-refractivity contribution >= 4 is 34.1 Å². The van der Waals surface area contributed by atoms with Crippen molar-refractivity contribution in [2.45, 2.75) is 11.7 Å². The first-order valence-corrected chi connectivity index (χ1v) is 11.2. The molecular formula is C22H20N4O2S2. The maximum absolute atomic E-state index is 12.3. The Hall–Kier alpha value is -3.10. The third-order valence-corrected chi connectivity index (χ3v) is 6.08. The van der Waals surface area contributed by atoms with Gasteiger partial charge in [0, 0.05) is 17.1 Å². The first kappa shape index (κ1) is 20.2. The molecule has 0 saturated carbocycles. The molecule has 0 saturated heterocycles. The third kappa shape index (κ3) is 4.90. The average Bonchev–Trinajstić information content (AvgIpc) is 3.43. The van der Waals surface area contributed by atoms with Crippen LogP contribution in [-0.2, 0) is 11.3 Å². The van der Waals surface area contributed by atoms with E-state index in [0.717, 1.165) is 22.2 Å². The monoisotopic (exact) mass is 436 g/mol. The van der Waals surface area contributed by atoms with Crippen LogP contribution in [0.2, 0.25) is 0 Å². The second-order valence-electron chi connectivity index (χ2n) is 6.40. The Bertz CT molecular complexity index is 1090. The van der Waals surface area contributed by atoms with Gasteiger partial charge in [0.2, 0.25) is 5.91 Å². The molecule has 0 radical (unpaired) electrons. The molecule has 1 amide bonds. The first-order valence-electron chi connectivity index (χ1n) is 9.29. The summed E-state index contributed by atoms with van der Waals surface area (Å²) in [6, 6.07) is 18.1. The first-order chi connectivity index (χ1) is 14.7. The van der Waals surface area contributed by atoms with E-state index in [2.05, 4.69) is 32.0 Å². The van der Waals surface area contributed by atoms with Crippen LogP contribution >= 0.6 is 23.1 Å². The zero-order chi connectivity index (χ0) is 20.8. The molecule has 4 rings (SSSR count). The fraction of sp³-hybridized carbons (Fsp3) is 0.136. The predicted octanol–water partition coefficient (Wildman–Crippen LogP) is 4.79. The van der Waals surface area contributed by atoms with Gasteiger partial charge in [-0.1, -0.05) is 42.1 Å². The van der Waals surface area contributed by atoms with Crippen LogP contribution < -0.4 is 10.1 Å². The van der Waals surface area contributed by atoms with Gasteiger partial charge in [-0.15, -0.1) is 11.3 Å². The summed E-state index contributed by atoms with van der Waals surface area (Å²) in [5.41, 5.74) is 3.20. The zero-order valence-corrected chi connectivity index (χ0v) is 18.0. The van der Waals surface area contributed by atoms with Gasteiger partial charge in [-0.05, 0) is 29.8 Å². The van der Waals surface area contributed by atoms with Crippen LogP contribution in [0.5, 0.6) is 5.75 Å². The number of anilines is 1. The van der Waals surface area contributed by atoms with Crippen LogP contribution in [0.1, 0.15) is 5.56 Å². The summed E-state index contributed by atoms with van der Waals surface area (Å²) in [5, 5.41) is 6.03. The molecule has 0 fully saturated rings. The second kappa shape index (κ2) is 9.60. The smallest absolute Gasteiger partial charge is 0.236 e. The fourth-order valence-electron chi connectivity index (χ4n) is 2.96. The number of amides is 1. The molecule has 152 valence electrons. The molecule has 2 aromatic heterocycles. The highest BCUT2D eigenvalue weighted by atomic mass is 32.2. The zero-order valence-electron chi connectivity index (χ0n) is 16.3. The Kier molecular flexibility index (Phi) is 6.46. The van der Waals surface area contributed by atoms with Crippen molar-refractivity contribution < 1.29 is 9.53 Å². The van der Waals surface area contributed by atoms with Gasteiger partial charge in [-0.2, -0.15) is 0 Å². The number of nitrogens with one attached hydrogen (secondary N) is 1. The van der Waals surface area contributed by atoms with E-state index < -0.39 is 0 Å². The summed E-state index contributed by atoms with van der Waals surface area (Å²) < 4.78 is 7.41. The highest BCUT2D eigenvalue weighted by molar-refractivity contribution is 7.99. The summed E-state index contributed by atoms with van der Waals surface area (Å²) in [5.74, 6) is 0.963. The van der Waals surface area contributed by atoms with Crippen molar-refractivity contribution in [1.82, 2.24) is 14.5 Å². The summed E-state index contributed by atoms with van der Waals surface area (Å²) in [4.78, 5) is 21.0. The lowest BCUT2D eigenvalue weighted by Crippen LogP contribution is -2.14. The Balaban J connectivity index is 1.57.